The van der Waals surface area contributed by atoms with E-state index < -0.39 is 0 Å². The van der Waals surface area contributed by atoms with Gasteiger partial charge in [0.1, 0.15) is 0 Å². The maximum atomic E-state index is 4.28. The molecule has 0 bridgehead atoms. The summed E-state index contributed by atoms with van der Waals surface area (Å²) in [6.45, 7) is 5.11. The molecule has 0 fully saturated rings. The number of nitrogens with zero attached hydrogens (tertiary/aromatic N) is 2. The van der Waals surface area contributed by atoms with E-state index in [4.69, 9.17) is 0 Å². The lowest BCUT2D eigenvalue weighted by atomic mass is 10.2. The molecule has 15 heavy (non-hydrogen) atoms. The molecule has 0 aliphatic carbocycles. The van der Waals surface area contributed by atoms with Crippen LogP contribution in [-0.2, 0) is 6.54 Å². The van der Waals surface area contributed by atoms with Crippen LogP contribution in [0.15, 0.2) is 36.7 Å². The Labute approximate surface area is 89.8 Å². The fourth-order valence-corrected chi connectivity index (χ4v) is 1.52. The SMILES string of the molecule is CCn1ccnc1Nc1ccccc1C. The molecule has 0 aliphatic heterocycles. The van der Waals surface area contributed by atoms with E-state index in [9.17, 15) is 0 Å². The maximum Gasteiger partial charge on any atom is 0.207 e. The van der Waals surface area contributed by atoms with E-state index in [0.717, 1.165) is 18.2 Å². The summed E-state index contributed by atoms with van der Waals surface area (Å²) in [6, 6.07) is 8.20. The average Bonchev–Trinajstić information content (AvgIpc) is 2.69. The Kier molecular flexibility index (Phi) is 2.72. The van der Waals surface area contributed by atoms with Crippen LogP contribution >= 0.6 is 0 Å². The van der Waals surface area contributed by atoms with Crippen molar-refractivity contribution >= 4 is 11.6 Å². The molecule has 2 aromatic rings. The molecule has 3 nitrogen and oxygen atoms in total. The zero-order chi connectivity index (χ0) is 10.7. The summed E-state index contributed by atoms with van der Waals surface area (Å²) in [5.74, 6) is 0.895. The monoisotopic (exact) mass is 201 g/mol. The topological polar surface area (TPSA) is 29.9 Å². The largest absolute Gasteiger partial charge is 0.325 e. The van der Waals surface area contributed by atoms with Gasteiger partial charge in [0.25, 0.3) is 0 Å². The van der Waals surface area contributed by atoms with Crippen LogP contribution < -0.4 is 5.32 Å². The van der Waals surface area contributed by atoms with Crippen LogP contribution in [0.3, 0.4) is 0 Å². The molecule has 1 aromatic carbocycles. The molecule has 1 heterocycles. The Bertz CT molecular complexity index is 446. The van der Waals surface area contributed by atoms with Crippen molar-refractivity contribution in [3.63, 3.8) is 0 Å². The second-order valence-electron chi connectivity index (χ2n) is 3.48. The molecule has 0 unspecified atom stereocenters. The first-order valence-electron chi connectivity index (χ1n) is 5.15. The number of aryl methyl sites for hydroxylation is 2. The Hall–Kier alpha value is -1.77. The lowest BCUT2D eigenvalue weighted by Crippen LogP contribution is -2.02. The first-order chi connectivity index (χ1) is 7.31. The van der Waals surface area contributed by atoms with Gasteiger partial charge in [0.05, 0.1) is 0 Å². The first kappa shape index (κ1) is 9.77. The third-order valence-electron chi connectivity index (χ3n) is 2.45. The van der Waals surface area contributed by atoms with Crippen LogP contribution in [0.25, 0.3) is 0 Å². The molecule has 0 radical (unpaired) electrons. The molecular weight excluding hydrogens is 186 g/mol. The van der Waals surface area contributed by atoms with Gasteiger partial charge >= 0.3 is 0 Å². The number of hydrogen-bond donors (Lipinski definition) is 1. The lowest BCUT2D eigenvalue weighted by molar-refractivity contribution is 0.771. The van der Waals surface area contributed by atoms with E-state index in [1.54, 1.807) is 0 Å². The Morgan fingerprint density at radius 1 is 1.33 bits per heavy atom. The van der Waals surface area contributed by atoms with Gasteiger partial charge in [-0.15, -0.1) is 0 Å². The molecule has 0 aliphatic rings. The predicted octanol–water partition coefficient (Wildman–Crippen LogP) is 2.96. The number of imidazole rings is 1. The average molecular weight is 201 g/mol. The van der Waals surface area contributed by atoms with Gasteiger partial charge in [-0.1, -0.05) is 18.2 Å². The highest BCUT2D eigenvalue weighted by atomic mass is 15.2. The third kappa shape index (κ3) is 2.01. The number of aromatic nitrogens is 2. The highest BCUT2D eigenvalue weighted by Crippen LogP contribution is 2.18. The van der Waals surface area contributed by atoms with Gasteiger partial charge in [0.2, 0.25) is 5.95 Å². The van der Waals surface area contributed by atoms with E-state index in [1.807, 2.05) is 24.5 Å². The quantitative estimate of drug-likeness (QED) is 0.827. The molecule has 78 valence electrons. The van der Waals surface area contributed by atoms with Crippen molar-refractivity contribution in [2.75, 3.05) is 5.32 Å². The van der Waals surface area contributed by atoms with Crippen molar-refractivity contribution in [1.82, 2.24) is 9.55 Å². The fraction of sp³-hybridized carbons (Fsp3) is 0.250. The number of benzene rings is 1. The maximum absolute atomic E-state index is 4.28. The van der Waals surface area contributed by atoms with Crippen molar-refractivity contribution in [1.29, 1.82) is 0 Å². The fourth-order valence-electron chi connectivity index (χ4n) is 1.52. The molecular formula is C12H15N3. The molecule has 1 N–H and O–H groups in total. The Balaban J connectivity index is 2.26. The summed E-state index contributed by atoms with van der Waals surface area (Å²) in [5, 5.41) is 3.32. The van der Waals surface area contributed by atoms with Gasteiger partial charge in [0, 0.05) is 24.6 Å². The van der Waals surface area contributed by atoms with Crippen LogP contribution in [0.4, 0.5) is 11.6 Å². The number of rotatable bonds is 3. The molecule has 0 amide bonds. The van der Waals surface area contributed by atoms with Gasteiger partial charge in [-0.05, 0) is 25.5 Å². The smallest absolute Gasteiger partial charge is 0.207 e. The van der Waals surface area contributed by atoms with E-state index in [2.05, 4.69) is 40.8 Å². The number of anilines is 2. The van der Waals surface area contributed by atoms with Crippen molar-refractivity contribution in [2.45, 2.75) is 20.4 Å². The summed E-state index contributed by atoms with van der Waals surface area (Å²) in [5.41, 5.74) is 2.33. The van der Waals surface area contributed by atoms with Gasteiger partial charge in [-0.3, -0.25) is 0 Å². The minimum absolute atomic E-state index is 0.895. The minimum atomic E-state index is 0.895. The predicted molar refractivity (Wildman–Crippen MR) is 62.4 cm³/mol. The summed E-state index contributed by atoms with van der Waals surface area (Å²) < 4.78 is 2.08. The van der Waals surface area contributed by atoms with Crippen molar-refractivity contribution < 1.29 is 0 Å². The van der Waals surface area contributed by atoms with E-state index in [-0.39, 0.29) is 0 Å². The first-order valence-corrected chi connectivity index (χ1v) is 5.15. The summed E-state index contributed by atoms with van der Waals surface area (Å²) >= 11 is 0. The van der Waals surface area contributed by atoms with Crippen LogP contribution in [0.5, 0.6) is 0 Å². The summed E-state index contributed by atoms with van der Waals surface area (Å²) in [7, 11) is 0. The molecule has 2 rings (SSSR count). The third-order valence-corrected chi connectivity index (χ3v) is 2.45. The van der Waals surface area contributed by atoms with E-state index in [0.29, 0.717) is 0 Å². The summed E-state index contributed by atoms with van der Waals surface area (Å²) in [4.78, 5) is 4.28. The van der Waals surface area contributed by atoms with Gasteiger partial charge in [-0.2, -0.15) is 0 Å². The number of hydrogen-bond acceptors (Lipinski definition) is 2. The second kappa shape index (κ2) is 4.17. The lowest BCUT2D eigenvalue weighted by Gasteiger charge is -2.09. The molecule has 3 heteroatoms. The van der Waals surface area contributed by atoms with Gasteiger partial charge in [0.15, 0.2) is 0 Å². The zero-order valence-corrected chi connectivity index (χ0v) is 9.07. The second-order valence-corrected chi connectivity index (χ2v) is 3.48. The Morgan fingerprint density at radius 3 is 2.87 bits per heavy atom. The van der Waals surface area contributed by atoms with Crippen molar-refractivity contribution in [3.05, 3.63) is 42.2 Å². The normalized spacial score (nSPS) is 10.3. The molecule has 0 atom stereocenters. The van der Waals surface area contributed by atoms with Crippen LogP contribution in [0.2, 0.25) is 0 Å². The number of nitrogens with one attached hydrogen (secondary N) is 1. The standard InChI is InChI=1S/C12H15N3/c1-3-15-9-8-13-12(15)14-11-7-5-4-6-10(11)2/h4-9H,3H2,1-2H3,(H,13,14). The van der Waals surface area contributed by atoms with Crippen LogP contribution in [0, 0.1) is 6.92 Å². The van der Waals surface area contributed by atoms with Crippen molar-refractivity contribution in [3.8, 4) is 0 Å². The zero-order valence-electron chi connectivity index (χ0n) is 9.07. The summed E-state index contributed by atoms with van der Waals surface area (Å²) in [6.07, 6.45) is 3.78. The van der Waals surface area contributed by atoms with Crippen LogP contribution in [-0.4, -0.2) is 9.55 Å². The van der Waals surface area contributed by atoms with Crippen molar-refractivity contribution in [2.24, 2.45) is 0 Å². The van der Waals surface area contributed by atoms with E-state index in [1.165, 1.54) is 5.56 Å². The highest BCUT2D eigenvalue weighted by Gasteiger charge is 2.02. The minimum Gasteiger partial charge on any atom is -0.325 e. The number of para-hydroxylation sites is 1. The van der Waals surface area contributed by atoms with E-state index >= 15 is 0 Å². The Morgan fingerprint density at radius 2 is 2.13 bits per heavy atom. The molecule has 1 aromatic heterocycles. The molecule has 0 saturated carbocycles. The van der Waals surface area contributed by atoms with Crippen LogP contribution in [0.1, 0.15) is 12.5 Å². The highest BCUT2D eigenvalue weighted by molar-refractivity contribution is 5.58. The molecule has 0 saturated heterocycles. The molecule has 0 spiro atoms. The van der Waals surface area contributed by atoms with Gasteiger partial charge < -0.3 is 9.88 Å². The van der Waals surface area contributed by atoms with Gasteiger partial charge in [-0.25, -0.2) is 4.98 Å².